The number of nitrogens with zero attached hydrogens (tertiary/aromatic N) is 2. The molecule has 22 heavy (non-hydrogen) atoms. The van der Waals surface area contributed by atoms with Crippen molar-refractivity contribution in [3.63, 3.8) is 0 Å². The van der Waals surface area contributed by atoms with Gasteiger partial charge in [0.2, 0.25) is 5.91 Å². The van der Waals surface area contributed by atoms with Crippen LogP contribution in [-0.2, 0) is 4.79 Å². The third-order valence-corrected chi connectivity index (χ3v) is 4.62. The Labute approximate surface area is 131 Å². The Kier molecular flexibility index (Phi) is 4.88. The molecular formula is C18H23FN2O. The molecule has 1 aromatic carbocycles. The van der Waals surface area contributed by atoms with Gasteiger partial charge in [0, 0.05) is 25.2 Å². The second-order valence-corrected chi connectivity index (χ2v) is 6.22. The molecule has 0 spiro atoms. The van der Waals surface area contributed by atoms with Crippen molar-refractivity contribution in [2.45, 2.75) is 31.7 Å². The van der Waals surface area contributed by atoms with Gasteiger partial charge in [-0.3, -0.25) is 4.79 Å². The van der Waals surface area contributed by atoms with Crippen LogP contribution in [0.5, 0.6) is 0 Å². The van der Waals surface area contributed by atoms with Crippen molar-refractivity contribution >= 4 is 12.0 Å². The third-order valence-electron chi connectivity index (χ3n) is 4.62. The van der Waals surface area contributed by atoms with Crippen LogP contribution in [0, 0.1) is 5.82 Å². The highest BCUT2D eigenvalue weighted by molar-refractivity contribution is 5.92. The lowest BCUT2D eigenvalue weighted by Gasteiger charge is -2.27. The maximum Gasteiger partial charge on any atom is 0.246 e. The highest BCUT2D eigenvalue weighted by Gasteiger charge is 2.29. The monoisotopic (exact) mass is 302 g/mol. The van der Waals surface area contributed by atoms with E-state index in [1.807, 2.05) is 4.90 Å². The molecule has 2 saturated heterocycles. The van der Waals surface area contributed by atoms with Gasteiger partial charge in [0.15, 0.2) is 0 Å². The van der Waals surface area contributed by atoms with Gasteiger partial charge in [0.05, 0.1) is 0 Å². The van der Waals surface area contributed by atoms with Gasteiger partial charge < -0.3 is 9.80 Å². The summed E-state index contributed by atoms with van der Waals surface area (Å²) >= 11 is 0. The molecule has 2 heterocycles. The van der Waals surface area contributed by atoms with E-state index in [0.29, 0.717) is 6.04 Å². The van der Waals surface area contributed by atoms with Crippen molar-refractivity contribution in [1.29, 1.82) is 0 Å². The second-order valence-electron chi connectivity index (χ2n) is 6.22. The predicted octanol–water partition coefficient (Wildman–Crippen LogP) is 2.93. The van der Waals surface area contributed by atoms with Gasteiger partial charge >= 0.3 is 0 Å². The van der Waals surface area contributed by atoms with Crippen LogP contribution < -0.4 is 0 Å². The molecular weight excluding hydrogens is 279 g/mol. The quantitative estimate of drug-likeness (QED) is 0.798. The van der Waals surface area contributed by atoms with E-state index in [9.17, 15) is 9.18 Å². The minimum atomic E-state index is -0.256. The first-order valence-corrected chi connectivity index (χ1v) is 8.19. The zero-order valence-corrected chi connectivity index (χ0v) is 12.9. The Morgan fingerprint density at radius 3 is 2.59 bits per heavy atom. The number of amides is 1. The Balaban J connectivity index is 1.59. The first-order valence-electron chi connectivity index (χ1n) is 8.19. The van der Waals surface area contributed by atoms with E-state index in [-0.39, 0.29) is 11.7 Å². The van der Waals surface area contributed by atoms with E-state index in [1.165, 1.54) is 38.1 Å². The van der Waals surface area contributed by atoms with Crippen molar-refractivity contribution in [2.24, 2.45) is 0 Å². The van der Waals surface area contributed by atoms with E-state index in [1.54, 1.807) is 24.3 Å². The van der Waals surface area contributed by atoms with Crippen LogP contribution in [0.25, 0.3) is 6.08 Å². The van der Waals surface area contributed by atoms with Crippen LogP contribution in [0.3, 0.4) is 0 Å². The SMILES string of the molecule is O=C(C=Cc1ccc(F)cc1)N1CCCC1CN1CCCC1. The molecule has 2 aliphatic heterocycles. The van der Waals surface area contributed by atoms with Gasteiger partial charge in [-0.2, -0.15) is 0 Å². The lowest BCUT2D eigenvalue weighted by atomic mass is 10.2. The highest BCUT2D eigenvalue weighted by atomic mass is 19.1. The standard InChI is InChI=1S/C18H23FN2O/c19-16-8-5-15(6-9-16)7-10-18(22)21-13-3-4-17(21)14-20-11-1-2-12-20/h5-10,17H,1-4,11-14H2. The number of carbonyl (C=O) groups is 1. The van der Waals surface area contributed by atoms with Gasteiger partial charge in [-0.25, -0.2) is 4.39 Å². The summed E-state index contributed by atoms with van der Waals surface area (Å²) in [7, 11) is 0. The number of hydrogen-bond donors (Lipinski definition) is 0. The summed E-state index contributed by atoms with van der Waals surface area (Å²) in [6, 6.07) is 6.55. The fourth-order valence-electron chi connectivity index (χ4n) is 3.42. The minimum Gasteiger partial charge on any atom is -0.335 e. The fraction of sp³-hybridized carbons (Fsp3) is 0.500. The average molecular weight is 302 g/mol. The molecule has 0 aliphatic carbocycles. The van der Waals surface area contributed by atoms with Gasteiger partial charge in [-0.1, -0.05) is 12.1 Å². The number of hydrogen-bond acceptors (Lipinski definition) is 2. The molecule has 0 aromatic heterocycles. The van der Waals surface area contributed by atoms with Gasteiger partial charge in [0.25, 0.3) is 0 Å². The summed E-state index contributed by atoms with van der Waals surface area (Å²) in [6.45, 7) is 4.20. The van der Waals surface area contributed by atoms with E-state index in [0.717, 1.165) is 31.5 Å². The van der Waals surface area contributed by atoms with E-state index < -0.39 is 0 Å². The zero-order chi connectivity index (χ0) is 15.4. The van der Waals surface area contributed by atoms with Crippen LogP contribution in [0.4, 0.5) is 4.39 Å². The van der Waals surface area contributed by atoms with Crippen molar-refractivity contribution in [1.82, 2.24) is 9.80 Å². The molecule has 4 heteroatoms. The third kappa shape index (κ3) is 3.74. The molecule has 1 amide bonds. The summed E-state index contributed by atoms with van der Waals surface area (Å²) in [5.74, 6) is -0.181. The number of carbonyl (C=O) groups excluding carboxylic acids is 1. The van der Waals surface area contributed by atoms with Crippen molar-refractivity contribution in [3.05, 3.63) is 41.7 Å². The summed E-state index contributed by atoms with van der Waals surface area (Å²) in [6.07, 6.45) is 8.15. The molecule has 3 nitrogen and oxygen atoms in total. The van der Waals surface area contributed by atoms with E-state index >= 15 is 0 Å². The zero-order valence-electron chi connectivity index (χ0n) is 12.9. The summed E-state index contributed by atoms with van der Waals surface area (Å²) in [5, 5.41) is 0. The fourth-order valence-corrected chi connectivity index (χ4v) is 3.42. The Bertz CT molecular complexity index is 535. The Morgan fingerprint density at radius 2 is 1.86 bits per heavy atom. The molecule has 2 aliphatic rings. The Morgan fingerprint density at radius 1 is 1.14 bits per heavy atom. The maximum absolute atomic E-state index is 12.9. The summed E-state index contributed by atoms with van der Waals surface area (Å²) < 4.78 is 12.9. The van der Waals surface area contributed by atoms with E-state index in [4.69, 9.17) is 0 Å². The van der Waals surface area contributed by atoms with E-state index in [2.05, 4.69) is 4.90 Å². The summed E-state index contributed by atoms with van der Waals surface area (Å²) in [5.41, 5.74) is 0.852. The largest absolute Gasteiger partial charge is 0.335 e. The highest BCUT2D eigenvalue weighted by Crippen LogP contribution is 2.21. The molecule has 1 atom stereocenters. The molecule has 3 rings (SSSR count). The van der Waals surface area contributed by atoms with Crippen molar-refractivity contribution in [3.8, 4) is 0 Å². The first kappa shape index (κ1) is 15.2. The van der Waals surface area contributed by atoms with Crippen LogP contribution in [0.2, 0.25) is 0 Å². The predicted molar refractivity (Wildman–Crippen MR) is 85.8 cm³/mol. The lowest BCUT2D eigenvalue weighted by Crippen LogP contribution is -2.41. The normalized spacial score (nSPS) is 22.8. The number of halogens is 1. The van der Waals surface area contributed by atoms with Crippen LogP contribution >= 0.6 is 0 Å². The molecule has 2 fully saturated rings. The smallest absolute Gasteiger partial charge is 0.246 e. The lowest BCUT2D eigenvalue weighted by molar-refractivity contribution is -0.127. The number of rotatable bonds is 4. The first-order chi connectivity index (χ1) is 10.7. The van der Waals surface area contributed by atoms with Crippen molar-refractivity contribution < 1.29 is 9.18 Å². The second kappa shape index (κ2) is 7.05. The van der Waals surface area contributed by atoms with Crippen molar-refractivity contribution in [2.75, 3.05) is 26.2 Å². The number of benzene rings is 1. The summed E-state index contributed by atoms with van der Waals surface area (Å²) in [4.78, 5) is 16.9. The number of likely N-dealkylation sites (tertiary alicyclic amines) is 2. The average Bonchev–Trinajstić information content (AvgIpc) is 3.19. The molecule has 0 saturated carbocycles. The molecule has 0 radical (unpaired) electrons. The topological polar surface area (TPSA) is 23.6 Å². The molecule has 1 unspecified atom stereocenters. The van der Waals surface area contributed by atoms with Gasteiger partial charge in [0.1, 0.15) is 5.82 Å². The molecule has 118 valence electrons. The molecule has 1 aromatic rings. The molecule has 0 N–H and O–H groups in total. The van der Waals surface area contributed by atoms with Crippen LogP contribution in [0.1, 0.15) is 31.2 Å². The minimum absolute atomic E-state index is 0.0750. The van der Waals surface area contributed by atoms with Crippen LogP contribution in [-0.4, -0.2) is 47.9 Å². The van der Waals surface area contributed by atoms with Gasteiger partial charge in [-0.05, 0) is 62.5 Å². The maximum atomic E-state index is 12.9. The van der Waals surface area contributed by atoms with Gasteiger partial charge in [-0.15, -0.1) is 0 Å². The molecule has 0 bridgehead atoms. The Hall–Kier alpha value is -1.68. The van der Waals surface area contributed by atoms with Crippen LogP contribution in [0.15, 0.2) is 30.3 Å².